The second kappa shape index (κ2) is 8.22. The molecule has 0 aliphatic carbocycles. The van der Waals surface area contributed by atoms with Crippen LogP contribution in [0.3, 0.4) is 0 Å². The van der Waals surface area contributed by atoms with Crippen LogP contribution in [0, 0.1) is 5.82 Å². The fourth-order valence-electron chi connectivity index (χ4n) is 1.36. The van der Waals surface area contributed by atoms with Gasteiger partial charge in [-0.15, -0.1) is 0 Å². The van der Waals surface area contributed by atoms with E-state index in [9.17, 15) is 4.39 Å². The molecule has 0 aliphatic heterocycles. The number of thiol groups is 1. The molecule has 0 saturated heterocycles. The van der Waals surface area contributed by atoms with Gasteiger partial charge in [-0.2, -0.15) is 12.6 Å². The first kappa shape index (κ1) is 15.1. The minimum atomic E-state index is -0.362. The van der Waals surface area contributed by atoms with Crippen molar-refractivity contribution < 1.29 is 9.13 Å². The lowest BCUT2D eigenvalue weighted by Crippen LogP contribution is -1.98. The zero-order valence-electron chi connectivity index (χ0n) is 9.39. The third-order valence-electron chi connectivity index (χ3n) is 2.28. The number of halogens is 3. The normalized spacial score (nSPS) is 10.6. The lowest BCUT2D eigenvalue weighted by molar-refractivity contribution is 0.304. The van der Waals surface area contributed by atoms with Crippen molar-refractivity contribution in [3.8, 4) is 5.75 Å². The Morgan fingerprint density at radius 3 is 2.65 bits per heavy atom. The van der Waals surface area contributed by atoms with E-state index in [1.807, 2.05) is 0 Å². The molecule has 0 fully saturated rings. The predicted octanol–water partition coefficient (Wildman–Crippen LogP) is 5.11. The Morgan fingerprint density at radius 1 is 1.24 bits per heavy atom. The second-order valence-electron chi connectivity index (χ2n) is 3.68. The summed E-state index contributed by atoms with van der Waals surface area (Å²) in [5.74, 6) is 0.964. The van der Waals surface area contributed by atoms with Crippen molar-refractivity contribution in [1.29, 1.82) is 0 Å². The molecule has 5 heteroatoms. The Labute approximate surface area is 120 Å². The Balaban J connectivity index is 2.34. The minimum Gasteiger partial charge on any atom is -0.492 e. The van der Waals surface area contributed by atoms with Crippen LogP contribution >= 0.6 is 40.2 Å². The molecule has 1 rings (SSSR count). The van der Waals surface area contributed by atoms with Gasteiger partial charge < -0.3 is 4.74 Å². The quantitative estimate of drug-likeness (QED) is 0.412. The summed E-state index contributed by atoms with van der Waals surface area (Å²) in [6, 6.07) is 2.81. The van der Waals surface area contributed by atoms with Crippen molar-refractivity contribution in [2.24, 2.45) is 0 Å². The molecule has 1 nitrogen and oxygen atoms in total. The average molecular weight is 342 g/mol. The van der Waals surface area contributed by atoms with Gasteiger partial charge in [0.05, 0.1) is 16.1 Å². The van der Waals surface area contributed by atoms with Gasteiger partial charge in [0.1, 0.15) is 11.6 Å². The van der Waals surface area contributed by atoms with E-state index in [1.54, 1.807) is 0 Å². The van der Waals surface area contributed by atoms with Crippen LogP contribution in [-0.2, 0) is 0 Å². The first-order valence-electron chi connectivity index (χ1n) is 5.53. The molecule has 96 valence electrons. The van der Waals surface area contributed by atoms with E-state index in [-0.39, 0.29) is 5.82 Å². The van der Waals surface area contributed by atoms with Crippen molar-refractivity contribution in [3.05, 3.63) is 27.4 Å². The van der Waals surface area contributed by atoms with E-state index in [1.165, 1.54) is 12.1 Å². The van der Waals surface area contributed by atoms with E-state index in [4.69, 9.17) is 16.3 Å². The van der Waals surface area contributed by atoms with Crippen LogP contribution in [0.5, 0.6) is 5.75 Å². The van der Waals surface area contributed by atoms with Crippen LogP contribution in [0.15, 0.2) is 16.6 Å². The van der Waals surface area contributed by atoms with Gasteiger partial charge in [0.15, 0.2) is 0 Å². The second-order valence-corrected chi connectivity index (χ2v) is 5.39. The summed E-state index contributed by atoms with van der Waals surface area (Å²) in [5, 5.41) is 0.425. The van der Waals surface area contributed by atoms with E-state index in [2.05, 4.69) is 28.6 Å². The molecule has 17 heavy (non-hydrogen) atoms. The van der Waals surface area contributed by atoms with Crippen LogP contribution < -0.4 is 4.74 Å². The van der Waals surface area contributed by atoms with Gasteiger partial charge in [-0.3, -0.25) is 0 Å². The van der Waals surface area contributed by atoms with Crippen molar-refractivity contribution in [2.45, 2.75) is 25.7 Å². The highest BCUT2D eigenvalue weighted by Gasteiger charge is 2.07. The Hall–Kier alpha value is 0.0700. The Kier molecular flexibility index (Phi) is 7.32. The molecular formula is C12H15BrClFOS. The summed E-state index contributed by atoms with van der Waals surface area (Å²) < 4.78 is 19.0. The summed E-state index contributed by atoms with van der Waals surface area (Å²) >= 11 is 13.1. The molecule has 0 radical (unpaired) electrons. The third-order valence-corrected chi connectivity index (χ3v) is 3.50. The van der Waals surface area contributed by atoms with Crippen LogP contribution in [0.25, 0.3) is 0 Å². The lowest BCUT2D eigenvalue weighted by Gasteiger charge is -2.08. The number of rotatable bonds is 7. The molecule has 0 spiro atoms. The number of ether oxygens (including phenoxy) is 1. The molecule has 0 aromatic heterocycles. The molecular weight excluding hydrogens is 327 g/mol. The summed E-state index contributed by atoms with van der Waals surface area (Å²) in [6.45, 7) is 0.563. The molecule has 0 saturated carbocycles. The number of hydrogen-bond donors (Lipinski definition) is 1. The molecule has 0 aliphatic rings. The van der Waals surface area contributed by atoms with Gasteiger partial charge in [0.25, 0.3) is 0 Å². The topological polar surface area (TPSA) is 9.23 Å². The third kappa shape index (κ3) is 5.49. The monoisotopic (exact) mass is 340 g/mol. The van der Waals surface area contributed by atoms with Crippen LogP contribution in [0.4, 0.5) is 4.39 Å². The fourth-order valence-corrected chi connectivity index (χ4v) is 2.28. The number of hydrogen-bond acceptors (Lipinski definition) is 2. The van der Waals surface area contributed by atoms with E-state index >= 15 is 0 Å². The molecule has 1 aromatic carbocycles. The van der Waals surface area contributed by atoms with Gasteiger partial charge in [-0.1, -0.05) is 24.4 Å². The Bertz CT molecular complexity index is 363. The summed E-state index contributed by atoms with van der Waals surface area (Å²) in [6.07, 6.45) is 4.31. The van der Waals surface area contributed by atoms with Crippen molar-refractivity contribution in [3.63, 3.8) is 0 Å². The first-order valence-corrected chi connectivity index (χ1v) is 7.33. The van der Waals surface area contributed by atoms with Gasteiger partial charge in [0, 0.05) is 6.07 Å². The fraction of sp³-hybridized carbons (Fsp3) is 0.500. The van der Waals surface area contributed by atoms with Gasteiger partial charge in [0.2, 0.25) is 0 Å². The highest BCUT2D eigenvalue weighted by molar-refractivity contribution is 9.10. The molecule has 0 amide bonds. The zero-order valence-corrected chi connectivity index (χ0v) is 12.6. The lowest BCUT2D eigenvalue weighted by atomic mass is 10.2. The zero-order chi connectivity index (χ0) is 12.7. The maximum Gasteiger partial charge on any atom is 0.141 e. The minimum absolute atomic E-state index is 0.351. The standard InChI is InChI=1S/C12H15BrClFOS/c13-9-7-10(14)12(8-11(9)15)16-5-3-1-2-4-6-17/h7-8,17H,1-6H2. The van der Waals surface area contributed by atoms with E-state index < -0.39 is 0 Å². The SMILES string of the molecule is Fc1cc(OCCCCCCS)c(Cl)cc1Br. The smallest absolute Gasteiger partial charge is 0.141 e. The maximum absolute atomic E-state index is 13.2. The molecule has 0 atom stereocenters. The van der Waals surface area contributed by atoms with Crippen molar-refractivity contribution in [1.82, 2.24) is 0 Å². The Morgan fingerprint density at radius 2 is 1.94 bits per heavy atom. The van der Waals surface area contributed by atoms with Gasteiger partial charge in [-0.05, 0) is 40.6 Å². The molecule has 1 aromatic rings. The highest BCUT2D eigenvalue weighted by atomic mass is 79.9. The summed E-state index contributed by atoms with van der Waals surface area (Å²) in [4.78, 5) is 0. The maximum atomic E-state index is 13.2. The average Bonchev–Trinajstić information content (AvgIpc) is 2.30. The molecule has 0 heterocycles. The largest absolute Gasteiger partial charge is 0.492 e. The molecule has 0 N–H and O–H groups in total. The number of unbranched alkanes of at least 4 members (excludes halogenated alkanes) is 3. The predicted molar refractivity (Wildman–Crippen MR) is 76.9 cm³/mol. The highest BCUT2D eigenvalue weighted by Crippen LogP contribution is 2.30. The van der Waals surface area contributed by atoms with Crippen LogP contribution in [0.1, 0.15) is 25.7 Å². The summed E-state index contributed by atoms with van der Waals surface area (Å²) in [7, 11) is 0. The van der Waals surface area contributed by atoms with Crippen LogP contribution in [0.2, 0.25) is 5.02 Å². The van der Waals surface area contributed by atoms with Crippen molar-refractivity contribution in [2.75, 3.05) is 12.4 Å². The number of benzene rings is 1. The molecule has 0 bridgehead atoms. The van der Waals surface area contributed by atoms with Crippen molar-refractivity contribution >= 4 is 40.2 Å². The van der Waals surface area contributed by atoms with E-state index in [0.29, 0.717) is 21.9 Å². The first-order chi connectivity index (χ1) is 8.15. The van der Waals surface area contributed by atoms with Crippen LogP contribution in [-0.4, -0.2) is 12.4 Å². The van der Waals surface area contributed by atoms with Gasteiger partial charge >= 0.3 is 0 Å². The van der Waals surface area contributed by atoms with Gasteiger partial charge in [-0.25, -0.2) is 4.39 Å². The van der Waals surface area contributed by atoms with E-state index in [0.717, 1.165) is 31.4 Å². The summed E-state index contributed by atoms with van der Waals surface area (Å²) in [5.41, 5.74) is 0. The molecule has 0 unspecified atom stereocenters.